The third-order valence-corrected chi connectivity index (χ3v) is 35.2. The van der Waals surface area contributed by atoms with Crippen LogP contribution in [0.25, 0.3) is 0 Å². The second-order valence-corrected chi connectivity index (χ2v) is 28.6. The van der Waals surface area contributed by atoms with Gasteiger partial charge in [0, 0.05) is 0 Å². The van der Waals surface area contributed by atoms with Crippen LogP contribution in [0.15, 0.2) is 0 Å². The predicted molar refractivity (Wildman–Crippen MR) is 109 cm³/mol. The van der Waals surface area contributed by atoms with Gasteiger partial charge in [-0.3, -0.25) is 0 Å². The molecule has 0 aromatic rings. The van der Waals surface area contributed by atoms with Crippen molar-refractivity contribution in [3.8, 4) is 0 Å². The first kappa shape index (κ1) is 23.0. The maximum atomic E-state index is 6.30. The van der Waals surface area contributed by atoms with Crippen LogP contribution in [-0.4, -0.2) is 71.1 Å². The van der Waals surface area contributed by atoms with E-state index in [2.05, 4.69) is 0 Å². The molecule has 2 aliphatic rings. The van der Waals surface area contributed by atoms with Gasteiger partial charge in [0.1, 0.15) is 0 Å². The molecule has 2 heterocycles. The molecule has 25 heavy (non-hydrogen) atoms. The number of hydrogen-bond acceptors (Lipinski definition) is 9. The zero-order valence-electron chi connectivity index (χ0n) is 15.7. The molecular weight excluding hydrogens is 481 g/mol. The Hall–Kier alpha value is 1.77. The molecule has 0 spiro atoms. The van der Waals surface area contributed by atoms with Gasteiger partial charge in [-0.25, -0.2) is 0 Å². The van der Waals surface area contributed by atoms with Crippen molar-refractivity contribution in [2.45, 2.75) is 52.4 Å². The summed E-state index contributed by atoms with van der Waals surface area (Å²) in [6.45, 7) is 15.9. The van der Waals surface area contributed by atoms with Crippen molar-refractivity contribution >= 4 is 81.8 Å². The first-order chi connectivity index (χ1) is 11.5. The van der Waals surface area contributed by atoms with Gasteiger partial charge in [-0.1, -0.05) is 10.7 Å². The van der Waals surface area contributed by atoms with E-state index in [9.17, 15) is 0 Å². The molecule has 6 radical (unpaired) electrons. The molecule has 2 saturated heterocycles. The lowest BCUT2D eigenvalue weighted by atomic mass is 11.9. The Morgan fingerprint density at radius 3 is 0.960 bits per heavy atom. The smallest absolute Gasteiger partial charge is 0.383 e. The minimum absolute atomic E-state index is 1.30. The van der Waals surface area contributed by atoms with Crippen molar-refractivity contribution in [1.82, 2.24) is 0 Å². The molecule has 0 aliphatic carbocycles. The minimum atomic E-state index is -2.63. The molecule has 0 N–H and O–H groups in total. The van der Waals surface area contributed by atoms with Crippen molar-refractivity contribution in [3.05, 3.63) is 0 Å². The van der Waals surface area contributed by atoms with Gasteiger partial charge in [0.05, 0.1) is 0 Å². The molecule has 8 nitrogen and oxygen atoms in total. The average molecular weight is 505 g/mol. The highest BCUT2D eigenvalue weighted by atomic mass is 32.5. The van der Waals surface area contributed by atoms with Crippen LogP contribution in [0.1, 0.15) is 0 Å². The summed E-state index contributed by atoms with van der Waals surface area (Å²) in [5.74, 6) is 0. The monoisotopic (exact) mass is 504 g/mol. The van der Waals surface area contributed by atoms with Crippen LogP contribution in [0.2, 0.25) is 52.4 Å². The van der Waals surface area contributed by atoms with E-state index in [-0.39, 0.29) is 0 Å². The second kappa shape index (κ2) is 9.51. The second-order valence-electron chi connectivity index (χ2n) is 5.59. The van der Waals surface area contributed by atoms with Gasteiger partial charge in [0.25, 0.3) is 0 Å². The van der Waals surface area contributed by atoms with Crippen molar-refractivity contribution in [2.24, 2.45) is 0 Å². The summed E-state index contributed by atoms with van der Waals surface area (Å²) in [5, 5.41) is 0. The zero-order valence-corrected chi connectivity index (χ0v) is 24.5. The lowest BCUT2D eigenvalue weighted by Crippen LogP contribution is -2.58. The van der Waals surface area contributed by atoms with E-state index in [1.807, 2.05) is 52.4 Å². The van der Waals surface area contributed by atoms with Gasteiger partial charge in [-0.2, -0.15) is 0 Å². The molecule has 0 atom stereocenters. The van der Waals surface area contributed by atoms with Crippen molar-refractivity contribution < 1.29 is 32.9 Å². The van der Waals surface area contributed by atoms with E-state index in [1.165, 1.54) is 0 Å². The van der Waals surface area contributed by atoms with E-state index in [1.54, 1.807) is 10.7 Å². The minimum Gasteiger partial charge on any atom is -0.414 e. The van der Waals surface area contributed by atoms with Crippen molar-refractivity contribution in [1.29, 1.82) is 0 Å². The largest absolute Gasteiger partial charge is 0.414 e. The summed E-state index contributed by atoms with van der Waals surface area (Å²) < 4.78 is 48.8. The van der Waals surface area contributed by atoms with E-state index in [0.29, 0.717) is 0 Å². The third-order valence-electron chi connectivity index (χ3n) is 2.84. The van der Waals surface area contributed by atoms with Crippen molar-refractivity contribution in [2.75, 3.05) is 0 Å². The summed E-state index contributed by atoms with van der Waals surface area (Å²) in [4.78, 5) is 0. The first-order valence-corrected chi connectivity index (χ1v) is 25.5. The summed E-state index contributed by atoms with van der Waals surface area (Å²) >= 11 is 0. The number of rotatable bonds is 2. The lowest BCUT2D eigenvalue weighted by molar-refractivity contribution is 0.287. The molecule has 2 fully saturated rings. The lowest BCUT2D eigenvalue weighted by Gasteiger charge is -2.41. The van der Waals surface area contributed by atoms with Gasteiger partial charge in [-0.15, -0.1) is 0 Å². The first-order valence-electron chi connectivity index (χ1n) is 7.67. The van der Waals surface area contributed by atoms with Gasteiger partial charge < -0.3 is 32.9 Å². The van der Waals surface area contributed by atoms with Crippen LogP contribution in [-0.2, 0) is 32.9 Å². The topological polar surface area (TPSA) is 73.8 Å². The summed E-state index contributed by atoms with van der Waals surface area (Å²) in [5.41, 5.74) is 0. The maximum absolute atomic E-state index is 6.30. The normalized spacial score (nSPS) is 29.8. The van der Waals surface area contributed by atoms with Crippen LogP contribution >= 0.6 is 10.7 Å². The van der Waals surface area contributed by atoms with E-state index in [4.69, 9.17) is 32.9 Å². The molecule has 142 valence electrons. The fourth-order valence-electron chi connectivity index (χ4n) is 2.44. The van der Waals surface area contributed by atoms with Gasteiger partial charge >= 0.3 is 71.1 Å². The van der Waals surface area contributed by atoms with Crippen LogP contribution < -0.4 is 0 Å². The molecule has 2 aliphatic heterocycles. The molecule has 0 bridgehead atoms. The Labute approximate surface area is 166 Å². The number of hydrogen-bond donors (Lipinski definition) is 0. The summed E-state index contributed by atoms with van der Waals surface area (Å²) in [6.07, 6.45) is 0. The quantitative estimate of drug-likeness (QED) is 0.522. The van der Waals surface area contributed by atoms with Gasteiger partial charge in [0.15, 0.2) is 0 Å². The molecular formula is C8H24O8SSi8. The molecule has 0 unspecified atom stereocenters. The molecule has 0 amide bonds. The van der Waals surface area contributed by atoms with Crippen LogP contribution in [0.3, 0.4) is 0 Å². The molecule has 0 aromatic carbocycles. The highest BCUT2D eigenvalue weighted by Crippen LogP contribution is 2.37. The Kier molecular flexibility index (Phi) is 8.77. The summed E-state index contributed by atoms with van der Waals surface area (Å²) in [6, 6.07) is 0. The molecule has 0 aromatic heterocycles. The van der Waals surface area contributed by atoms with Crippen LogP contribution in [0.4, 0.5) is 0 Å². The Morgan fingerprint density at radius 2 is 0.720 bits per heavy atom. The zero-order chi connectivity index (χ0) is 18.8. The highest BCUT2D eigenvalue weighted by Gasteiger charge is 2.52. The Morgan fingerprint density at radius 1 is 0.480 bits per heavy atom. The fraction of sp³-hybridized carbons (Fsp3) is 1.00. The SMILES string of the molecule is C[Si]1O[Si](C)O[Si](C)(S[Si]2(C)O[Si](C)O[Si](C)O[Si](C)O2)O[Si](C)O1. The van der Waals surface area contributed by atoms with E-state index in [0.717, 1.165) is 0 Å². The Bertz CT molecular complexity index is 386. The van der Waals surface area contributed by atoms with Crippen LogP contribution in [0, 0.1) is 0 Å². The average Bonchev–Trinajstić information content (AvgIpc) is 2.31. The standard InChI is InChI=1S/C8H24O8SSi8/c1-18-9-20(3)13-24(7,14-21(4)10-18)17-25(8)15-22(5)11-19(2)12-23(6)16-25/h1-8H3. The van der Waals surface area contributed by atoms with Gasteiger partial charge in [-0.05, 0) is 52.4 Å². The van der Waals surface area contributed by atoms with E-state index < -0.39 is 71.1 Å². The van der Waals surface area contributed by atoms with E-state index >= 15 is 0 Å². The predicted octanol–water partition coefficient (Wildman–Crippen LogP) is 1.72. The molecule has 0 saturated carbocycles. The fourth-order valence-corrected chi connectivity index (χ4v) is 41.3. The summed E-state index contributed by atoms with van der Waals surface area (Å²) in [7, 11) is -12.0. The van der Waals surface area contributed by atoms with Gasteiger partial charge in [0.2, 0.25) is 0 Å². The molecule has 17 heteroatoms. The van der Waals surface area contributed by atoms with Crippen molar-refractivity contribution in [3.63, 3.8) is 0 Å². The maximum Gasteiger partial charge on any atom is 0.383 e. The Balaban J connectivity index is 2.14. The highest BCUT2D eigenvalue weighted by molar-refractivity contribution is 8.48. The third kappa shape index (κ3) is 7.60. The molecule has 2 rings (SSSR count). The van der Waals surface area contributed by atoms with Crippen LogP contribution in [0.5, 0.6) is 0 Å².